The van der Waals surface area contributed by atoms with E-state index >= 15 is 0 Å². The first kappa shape index (κ1) is 22.9. The van der Waals surface area contributed by atoms with Gasteiger partial charge in [0.2, 0.25) is 0 Å². The Labute approximate surface area is 189 Å². The second-order valence-corrected chi connectivity index (χ2v) is 6.95. The van der Waals surface area contributed by atoms with E-state index in [0.717, 1.165) is 35.3 Å². The SMILES string of the molecule is CCNC(=NCc1cccc(OCC(C)C)c1)NCc1nnc2ccccn12.I. The van der Waals surface area contributed by atoms with Gasteiger partial charge in [0.1, 0.15) is 5.75 Å². The van der Waals surface area contributed by atoms with Gasteiger partial charge in [0, 0.05) is 12.7 Å². The van der Waals surface area contributed by atoms with E-state index in [0.29, 0.717) is 25.6 Å². The third kappa shape index (κ3) is 6.88. The Balaban J connectivity index is 0.00000300. The maximum absolute atomic E-state index is 5.80. The van der Waals surface area contributed by atoms with E-state index in [4.69, 9.17) is 4.74 Å². The van der Waals surface area contributed by atoms with Gasteiger partial charge in [0.25, 0.3) is 0 Å². The molecule has 0 fully saturated rings. The van der Waals surface area contributed by atoms with E-state index in [-0.39, 0.29) is 24.0 Å². The zero-order chi connectivity index (χ0) is 19.8. The van der Waals surface area contributed by atoms with E-state index in [9.17, 15) is 0 Å². The molecule has 0 saturated heterocycles. The van der Waals surface area contributed by atoms with Crippen molar-refractivity contribution < 1.29 is 4.74 Å². The van der Waals surface area contributed by atoms with Crippen LogP contribution < -0.4 is 15.4 Å². The van der Waals surface area contributed by atoms with Crippen molar-refractivity contribution in [1.29, 1.82) is 0 Å². The van der Waals surface area contributed by atoms with Gasteiger partial charge in [-0.25, -0.2) is 4.99 Å². The first-order chi connectivity index (χ1) is 13.7. The van der Waals surface area contributed by atoms with Crippen LogP contribution in [0.4, 0.5) is 0 Å². The standard InChI is InChI=1S/C21H28N6O.HI/c1-4-22-21(24-14-20-26-25-19-10-5-6-11-27(19)20)23-13-17-8-7-9-18(12-17)28-15-16(2)3;/h5-12,16H,4,13-15H2,1-3H3,(H2,22,23,24);1H. The van der Waals surface area contributed by atoms with Gasteiger partial charge in [-0.1, -0.05) is 32.0 Å². The first-order valence-electron chi connectivity index (χ1n) is 9.68. The maximum atomic E-state index is 5.80. The summed E-state index contributed by atoms with van der Waals surface area (Å²) in [5, 5.41) is 15.0. The minimum absolute atomic E-state index is 0. The molecule has 2 N–H and O–H groups in total. The number of hydrogen-bond acceptors (Lipinski definition) is 4. The molecule has 8 heteroatoms. The fourth-order valence-electron chi connectivity index (χ4n) is 2.68. The number of hydrogen-bond donors (Lipinski definition) is 2. The summed E-state index contributed by atoms with van der Waals surface area (Å²) in [6.07, 6.45) is 1.96. The third-order valence-electron chi connectivity index (χ3n) is 4.04. The fourth-order valence-corrected chi connectivity index (χ4v) is 2.68. The maximum Gasteiger partial charge on any atom is 0.191 e. The molecule has 3 aromatic rings. The summed E-state index contributed by atoms with van der Waals surface area (Å²) in [6, 6.07) is 13.9. The highest BCUT2D eigenvalue weighted by Gasteiger charge is 2.06. The van der Waals surface area contributed by atoms with E-state index in [2.05, 4.69) is 45.7 Å². The Morgan fingerprint density at radius 1 is 1.14 bits per heavy atom. The number of ether oxygens (including phenoxy) is 1. The summed E-state index contributed by atoms with van der Waals surface area (Å²) in [6.45, 7) is 8.92. The van der Waals surface area contributed by atoms with Crippen molar-refractivity contribution in [3.05, 3.63) is 60.0 Å². The number of nitrogens with zero attached hydrogens (tertiary/aromatic N) is 4. The van der Waals surface area contributed by atoms with E-state index in [1.54, 1.807) is 0 Å². The van der Waals surface area contributed by atoms with E-state index in [1.165, 1.54) is 0 Å². The topological polar surface area (TPSA) is 75.8 Å². The molecule has 7 nitrogen and oxygen atoms in total. The molecule has 0 atom stereocenters. The predicted octanol–water partition coefficient (Wildman–Crippen LogP) is 3.64. The average Bonchev–Trinajstić information content (AvgIpc) is 3.12. The molecule has 0 saturated carbocycles. The fraction of sp³-hybridized carbons (Fsp3) is 0.381. The lowest BCUT2D eigenvalue weighted by Crippen LogP contribution is -2.37. The van der Waals surface area contributed by atoms with Crippen molar-refractivity contribution in [2.45, 2.75) is 33.9 Å². The summed E-state index contributed by atoms with van der Waals surface area (Å²) in [5.74, 6) is 2.96. The lowest BCUT2D eigenvalue weighted by Gasteiger charge is -2.11. The van der Waals surface area contributed by atoms with Crippen LogP contribution in [0.25, 0.3) is 5.65 Å². The van der Waals surface area contributed by atoms with Crippen molar-refractivity contribution in [2.24, 2.45) is 10.9 Å². The Hall–Kier alpha value is -2.36. The normalized spacial score (nSPS) is 11.4. The smallest absolute Gasteiger partial charge is 0.191 e. The van der Waals surface area contributed by atoms with E-state index in [1.807, 2.05) is 53.9 Å². The number of fused-ring (bicyclic) bond motifs is 1. The highest BCUT2D eigenvalue weighted by molar-refractivity contribution is 14.0. The number of aromatic nitrogens is 3. The predicted molar refractivity (Wildman–Crippen MR) is 127 cm³/mol. The monoisotopic (exact) mass is 508 g/mol. The third-order valence-corrected chi connectivity index (χ3v) is 4.04. The Bertz CT molecular complexity index is 924. The van der Waals surface area contributed by atoms with Crippen LogP contribution in [-0.4, -0.2) is 33.7 Å². The van der Waals surface area contributed by atoms with Gasteiger partial charge in [-0.15, -0.1) is 34.2 Å². The van der Waals surface area contributed by atoms with Gasteiger partial charge in [-0.2, -0.15) is 0 Å². The molecule has 0 radical (unpaired) electrons. The van der Waals surface area contributed by atoms with Gasteiger partial charge in [-0.05, 0) is 42.7 Å². The van der Waals surface area contributed by atoms with Crippen LogP contribution in [0.1, 0.15) is 32.2 Å². The number of rotatable bonds is 8. The summed E-state index contributed by atoms with van der Waals surface area (Å²) in [7, 11) is 0. The van der Waals surface area contributed by atoms with Gasteiger partial charge in [0.15, 0.2) is 17.4 Å². The molecule has 2 aromatic heterocycles. The average molecular weight is 508 g/mol. The van der Waals surface area contributed by atoms with Crippen molar-refractivity contribution in [3.63, 3.8) is 0 Å². The molecular formula is C21H29IN6O. The number of halogens is 1. The molecule has 0 bridgehead atoms. The summed E-state index contributed by atoms with van der Waals surface area (Å²) < 4.78 is 7.77. The molecule has 1 aromatic carbocycles. The number of aliphatic imine (C=N–C) groups is 1. The minimum atomic E-state index is 0. The molecule has 0 unspecified atom stereocenters. The van der Waals surface area contributed by atoms with E-state index < -0.39 is 0 Å². The van der Waals surface area contributed by atoms with Crippen LogP contribution in [0.5, 0.6) is 5.75 Å². The Morgan fingerprint density at radius 3 is 2.79 bits per heavy atom. The zero-order valence-electron chi connectivity index (χ0n) is 17.1. The first-order valence-corrected chi connectivity index (χ1v) is 9.68. The van der Waals surface area contributed by atoms with Gasteiger partial charge < -0.3 is 15.4 Å². The molecule has 0 aliphatic carbocycles. The molecular weight excluding hydrogens is 479 g/mol. The number of benzene rings is 1. The summed E-state index contributed by atoms with van der Waals surface area (Å²) in [5.41, 5.74) is 1.94. The molecule has 29 heavy (non-hydrogen) atoms. The molecule has 3 rings (SSSR count). The van der Waals surface area contributed by atoms with Crippen molar-refractivity contribution >= 4 is 35.6 Å². The van der Waals surface area contributed by atoms with Crippen LogP contribution >= 0.6 is 24.0 Å². The number of nitrogens with one attached hydrogen (secondary N) is 2. The van der Waals surface area contributed by atoms with Crippen LogP contribution in [0.15, 0.2) is 53.7 Å². The number of pyridine rings is 1. The van der Waals surface area contributed by atoms with Gasteiger partial charge in [0.05, 0.1) is 19.7 Å². The lowest BCUT2D eigenvalue weighted by molar-refractivity contribution is 0.271. The molecule has 0 aliphatic rings. The Morgan fingerprint density at radius 2 is 2.00 bits per heavy atom. The highest BCUT2D eigenvalue weighted by Crippen LogP contribution is 2.15. The largest absolute Gasteiger partial charge is 0.493 e. The lowest BCUT2D eigenvalue weighted by atomic mass is 10.2. The van der Waals surface area contributed by atoms with Crippen molar-refractivity contribution in [3.8, 4) is 5.75 Å². The van der Waals surface area contributed by atoms with Crippen molar-refractivity contribution in [1.82, 2.24) is 25.2 Å². The number of guanidine groups is 1. The quantitative estimate of drug-likeness (QED) is 0.276. The highest BCUT2D eigenvalue weighted by atomic mass is 127. The molecule has 156 valence electrons. The van der Waals surface area contributed by atoms with Gasteiger partial charge >= 0.3 is 0 Å². The Kier molecular flexibility index (Phi) is 9.17. The van der Waals surface area contributed by atoms with Crippen LogP contribution in [0.2, 0.25) is 0 Å². The van der Waals surface area contributed by atoms with Gasteiger partial charge in [-0.3, -0.25) is 4.40 Å². The van der Waals surface area contributed by atoms with Crippen LogP contribution in [0, 0.1) is 5.92 Å². The van der Waals surface area contributed by atoms with Crippen LogP contribution in [-0.2, 0) is 13.1 Å². The molecule has 0 spiro atoms. The minimum Gasteiger partial charge on any atom is -0.493 e. The van der Waals surface area contributed by atoms with Crippen molar-refractivity contribution in [2.75, 3.05) is 13.2 Å². The zero-order valence-corrected chi connectivity index (χ0v) is 19.5. The second kappa shape index (κ2) is 11.6. The van der Waals surface area contributed by atoms with Crippen LogP contribution in [0.3, 0.4) is 0 Å². The molecule has 2 heterocycles. The molecule has 0 amide bonds. The summed E-state index contributed by atoms with van der Waals surface area (Å²) >= 11 is 0. The molecule has 0 aliphatic heterocycles. The summed E-state index contributed by atoms with van der Waals surface area (Å²) in [4.78, 5) is 4.68. The second-order valence-electron chi connectivity index (χ2n) is 6.95.